The predicted molar refractivity (Wildman–Crippen MR) is 55.7 cm³/mol. The number of fused-ring (bicyclic) bond motifs is 1. The third-order valence-corrected chi connectivity index (χ3v) is 2.98. The van der Waals surface area contributed by atoms with Gasteiger partial charge in [0.2, 0.25) is 0 Å². The molecule has 0 saturated carbocycles. The lowest BCUT2D eigenvalue weighted by Gasteiger charge is -2.10. The van der Waals surface area contributed by atoms with Crippen LogP contribution >= 0.6 is 12.6 Å². The normalized spacial score (nSPS) is 11.3. The minimum atomic E-state index is -1.81. The van der Waals surface area contributed by atoms with E-state index in [2.05, 4.69) is 12.6 Å². The van der Waals surface area contributed by atoms with Crippen molar-refractivity contribution in [2.24, 2.45) is 0 Å². The number of hydrogen-bond donors (Lipinski definition) is 1. The van der Waals surface area contributed by atoms with E-state index in [1.165, 1.54) is 0 Å². The Morgan fingerprint density at radius 3 is 1.61 bits per heavy atom. The van der Waals surface area contributed by atoms with Crippen LogP contribution in [0.15, 0.2) is 4.90 Å². The average Bonchev–Trinajstić information content (AvgIpc) is 2.35. The van der Waals surface area contributed by atoms with Gasteiger partial charge in [0.15, 0.2) is 29.1 Å². The Morgan fingerprint density at radius 1 is 0.611 bits per heavy atom. The smallest absolute Gasteiger partial charge is 0.175 e. The van der Waals surface area contributed by atoms with Gasteiger partial charge in [0.05, 0.1) is 15.7 Å². The molecule has 2 aromatic carbocycles. The second kappa shape index (κ2) is 4.08. The molecule has 96 valence electrons. The molecular formula is C11H4F6S. The zero-order valence-electron chi connectivity index (χ0n) is 8.72. The molecule has 0 aliphatic heterocycles. The van der Waals surface area contributed by atoms with Crippen LogP contribution in [0.5, 0.6) is 0 Å². The molecule has 0 radical (unpaired) electrons. The van der Waals surface area contributed by atoms with Crippen molar-refractivity contribution in [2.45, 2.75) is 11.8 Å². The van der Waals surface area contributed by atoms with Gasteiger partial charge in [-0.2, -0.15) is 0 Å². The van der Waals surface area contributed by atoms with E-state index in [1.54, 1.807) is 0 Å². The highest BCUT2D eigenvalue weighted by Gasteiger charge is 2.27. The Balaban J connectivity index is 3.22. The number of hydrogen-bond acceptors (Lipinski definition) is 1. The molecule has 0 aliphatic carbocycles. The molecule has 0 spiro atoms. The van der Waals surface area contributed by atoms with E-state index in [0.29, 0.717) is 0 Å². The van der Waals surface area contributed by atoms with Crippen molar-refractivity contribution >= 4 is 23.4 Å². The molecule has 0 N–H and O–H groups in total. The second-order valence-electron chi connectivity index (χ2n) is 3.61. The third-order valence-electron chi connectivity index (χ3n) is 2.59. The molecule has 2 aromatic rings. The van der Waals surface area contributed by atoms with Gasteiger partial charge in [-0.15, -0.1) is 12.6 Å². The van der Waals surface area contributed by atoms with Gasteiger partial charge in [0.1, 0.15) is 5.82 Å². The number of halogens is 6. The molecule has 0 fully saturated rings. The Hall–Kier alpha value is -1.37. The van der Waals surface area contributed by atoms with Crippen molar-refractivity contribution in [1.82, 2.24) is 0 Å². The number of benzene rings is 2. The van der Waals surface area contributed by atoms with E-state index in [4.69, 9.17) is 0 Å². The van der Waals surface area contributed by atoms with Crippen molar-refractivity contribution < 1.29 is 26.3 Å². The molecule has 0 unspecified atom stereocenters. The maximum atomic E-state index is 13.6. The van der Waals surface area contributed by atoms with Crippen LogP contribution in [0.2, 0.25) is 0 Å². The minimum Gasteiger partial charge on any atom is -0.206 e. The average molecular weight is 282 g/mol. The maximum Gasteiger partial charge on any atom is 0.175 e. The van der Waals surface area contributed by atoms with E-state index in [0.717, 1.165) is 6.92 Å². The Bertz CT molecular complexity index is 567. The first-order valence-electron chi connectivity index (χ1n) is 4.61. The Labute approximate surface area is 103 Å². The summed E-state index contributed by atoms with van der Waals surface area (Å²) in [7, 11) is 0. The first kappa shape index (κ1) is 13.1. The molecule has 0 saturated heterocycles. The van der Waals surface area contributed by atoms with Gasteiger partial charge in [0, 0.05) is 5.56 Å². The molecule has 0 amide bonds. The quantitative estimate of drug-likeness (QED) is 0.416. The fourth-order valence-corrected chi connectivity index (χ4v) is 1.83. The molecule has 0 atom stereocenters. The fraction of sp³-hybridized carbons (Fsp3) is 0.0909. The van der Waals surface area contributed by atoms with Gasteiger partial charge >= 0.3 is 0 Å². The zero-order chi connectivity index (χ0) is 13.8. The van der Waals surface area contributed by atoms with E-state index >= 15 is 0 Å². The van der Waals surface area contributed by atoms with Crippen molar-refractivity contribution in [3.05, 3.63) is 40.5 Å². The lowest BCUT2D eigenvalue weighted by molar-refractivity contribution is 0.460. The summed E-state index contributed by atoms with van der Waals surface area (Å²) in [6.45, 7) is 0.830. The number of thiol groups is 1. The topological polar surface area (TPSA) is 0 Å². The molecule has 0 aliphatic rings. The summed E-state index contributed by atoms with van der Waals surface area (Å²) in [6.07, 6.45) is 0. The van der Waals surface area contributed by atoms with E-state index in [1.807, 2.05) is 0 Å². The van der Waals surface area contributed by atoms with Crippen molar-refractivity contribution in [3.63, 3.8) is 0 Å². The van der Waals surface area contributed by atoms with Gasteiger partial charge in [0.25, 0.3) is 0 Å². The molecule has 0 heterocycles. The molecule has 18 heavy (non-hydrogen) atoms. The van der Waals surface area contributed by atoms with Crippen LogP contribution in [-0.4, -0.2) is 0 Å². The van der Waals surface area contributed by atoms with Crippen LogP contribution in [0, 0.1) is 41.8 Å². The Kier molecular flexibility index (Phi) is 2.96. The first-order valence-corrected chi connectivity index (χ1v) is 5.05. The van der Waals surface area contributed by atoms with Crippen molar-refractivity contribution in [3.8, 4) is 0 Å². The molecule has 2 rings (SSSR count). The summed E-state index contributed by atoms with van der Waals surface area (Å²) in [4.78, 5) is -1.14. The summed E-state index contributed by atoms with van der Waals surface area (Å²) in [5.74, 6) is -10.2. The number of rotatable bonds is 0. The van der Waals surface area contributed by atoms with Crippen LogP contribution in [0.4, 0.5) is 26.3 Å². The van der Waals surface area contributed by atoms with Gasteiger partial charge in [-0.3, -0.25) is 0 Å². The van der Waals surface area contributed by atoms with E-state index < -0.39 is 56.1 Å². The predicted octanol–water partition coefficient (Wildman–Crippen LogP) is 4.27. The molecule has 0 nitrogen and oxygen atoms in total. The molecule has 7 heteroatoms. The van der Waals surface area contributed by atoms with Crippen molar-refractivity contribution in [1.29, 1.82) is 0 Å². The van der Waals surface area contributed by atoms with Crippen LogP contribution in [0.25, 0.3) is 10.8 Å². The molecule has 0 aromatic heterocycles. The monoisotopic (exact) mass is 282 g/mol. The lowest BCUT2D eigenvalue weighted by atomic mass is 10.0. The van der Waals surface area contributed by atoms with Gasteiger partial charge < -0.3 is 0 Å². The summed E-state index contributed by atoms with van der Waals surface area (Å²) in [5.41, 5.74) is -0.857. The fourth-order valence-electron chi connectivity index (χ4n) is 1.62. The summed E-state index contributed by atoms with van der Waals surface area (Å²) in [5, 5.41) is -2.56. The van der Waals surface area contributed by atoms with Gasteiger partial charge in [-0.05, 0) is 6.92 Å². The van der Waals surface area contributed by atoms with Crippen LogP contribution in [0.1, 0.15) is 5.56 Å². The van der Waals surface area contributed by atoms with Crippen LogP contribution < -0.4 is 0 Å². The SMILES string of the molecule is Cc1c(F)c(F)c2c(F)c(S)c(F)c(F)c2c1F. The van der Waals surface area contributed by atoms with E-state index in [9.17, 15) is 26.3 Å². The summed E-state index contributed by atoms with van der Waals surface area (Å²) >= 11 is 3.30. The highest BCUT2D eigenvalue weighted by atomic mass is 32.1. The summed E-state index contributed by atoms with van der Waals surface area (Å²) in [6, 6.07) is 0. The van der Waals surface area contributed by atoms with Gasteiger partial charge in [-0.25, -0.2) is 26.3 Å². The highest BCUT2D eigenvalue weighted by molar-refractivity contribution is 7.80. The molecular weight excluding hydrogens is 278 g/mol. The van der Waals surface area contributed by atoms with Crippen LogP contribution in [-0.2, 0) is 0 Å². The van der Waals surface area contributed by atoms with Crippen LogP contribution in [0.3, 0.4) is 0 Å². The zero-order valence-corrected chi connectivity index (χ0v) is 9.61. The van der Waals surface area contributed by atoms with Gasteiger partial charge in [-0.1, -0.05) is 0 Å². The second-order valence-corrected chi connectivity index (χ2v) is 4.05. The minimum absolute atomic E-state index is 0.830. The van der Waals surface area contributed by atoms with Crippen molar-refractivity contribution in [2.75, 3.05) is 0 Å². The lowest BCUT2D eigenvalue weighted by Crippen LogP contribution is -2.04. The Morgan fingerprint density at radius 2 is 1.06 bits per heavy atom. The maximum absolute atomic E-state index is 13.6. The molecule has 0 bridgehead atoms. The van der Waals surface area contributed by atoms with E-state index in [-0.39, 0.29) is 0 Å². The third kappa shape index (κ3) is 1.50. The largest absolute Gasteiger partial charge is 0.206 e. The standard InChI is InChI=1S/C11H4F6S/c1-2-5(12)3-4(7(14)6(2)13)9(16)11(18)10(17)8(3)15/h18H,1H3. The highest BCUT2D eigenvalue weighted by Crippen LogP contribution is 2.35. The summed E-state index contributed by atoms with van der Waals surface area (Å²) < 4.78 is 80.5. The first-order chi connectivity index (χ1) is 8.29.